The topological polar surface area (TPSA) is 115 Å². The van der Waals surface area contributed by atoms with E-state index in [0.717, 1.165) is 5.56 Å². The number of nitrogens with zero attached hydrogens (tertiary/aromatic N) is 3. The van der Waals surface area contributed by atoms with Crippen molar-refractivity contribution in [2.24, 2.45) is 0 Å². The van der Waals surface area contributed by atoms with Crippen molar-refractivity contribution in [3.63, 3.8) is 0 Å². The molecule has 0 bridgehead atoms. The normalized spacial score (nSPS) is 14.3. The Hall–Kier alpha value is -3.88. The van der Waals surface area contributed by atoms with Crippen LogP contribution in [0.2, 0.25) is 0 Å². The second kappa shape index (κ2) is 11.0. The summed E-state index contributed by atoms with van der Waals surface area (Å²) in [4.78, 5) is 19.2. The van der Waals surface area contributed by atoms with Crippen LogP contribution in [0.25, 0.3) is 0 Å². The van der Waals surface area contributed by atoms with Crippen LogP contribution in [0.3, 0.4) is 0 Å². The highest BCUT2D eigenvalue weighted by Gasteiger charge is 2.28. The van der Waals surface area contributed by atoms with Gasteiger partial charge in [0, 0.05) is 31.0 Å². The Morgan fingerprint density at radius 2 is 1.76 bits per heavy atom. The molecule has 8 nitrogen and oxygen atoms in total. The summed E-state index contributed by atoms with van der Waals surface area (Å²) in [5.74, 6) is -0.863. The van der Waals surface area contributed by atoms with Crippen LogP contribution >= 0.6 is 0 Å². The van der Waals surface area contributed by atoms with Gasteiger partial charge in [0.25, 0.3) is 15.9 Å². The molecule has 4 rings (SSSR count). The highest BCUT2D eigenvalue weighted by atomic mass is 32.2. The molecule has 0 aliphatic carbocycles. The van der Waals surface area contributed by atoms with Gasteiger partial charge in [0.2, 0.25) is 0 Å². The number of halogens is 2. The summed E-state index contributed by atoms with van der Waals surface area (Å²) >= 11 is 0. The van der Waals surface area contributed by atoms with E-state index in [0.29, 0.717) is 37.2 Å². The number of amides is 1. The van der Waals surface area contributed by atoms with Crippen molar-refractivity contribution < 1.29 is 22.0 Å². The van der Waals surface area contributed by atoms with Crippen LogP contribution in [-0.2, 0) is 10.0 Å². The van der Waals surface area contributed by atoms with Crippen LogP contribution in [0.15, 0.2) is 59.8 Å². The first-order chi connectivity index (χ1) is 17.7. The lowest BCUT2D eigenvalue weighted by molar-refractivity contribution is 0.0713. The van der Waals surface area contributed by atoms with E-state index in [4.69, 9.17) is 5.26 Å². The number of anilines is 2. The van der Waals surface area contributed by atoms with E-state index in [1.165, 1.54) is 42.6 Å². The van der Waals surface area contributed by atoms with E-state index >= 15 is 0 Å². The molecule has 1 aliphatic rings. The van der Waals surface area contributed by atoms with Gasteiger partial charge in [-0.2, -0.15) is 9.98 Å². The number of hydrogen-bond acceptors (Lipinski definition) is 6. The Labute approximate surface area is 214 Å². The van der Waals surface area contributed by atoms with Crippen LogP contribution in [0.1, 0.15) is 40.2 Å². The van der Waals surface area contributed by atoms with Crippen LogP contribution in [-0.4, -0.2) is 43.8 Å². The van der Waals surface area contributed by atoms with E-state index in [-0.39, 0.29) is 33.9 Å². The third kappa shape index (κ3) is 6.10. The van der Waals surface area contributed by atoms with Gasteiger partial charge in [0.05, 0.1) is 23.9 Å². The van der Waals surface area contributed by atoms with E-state index in [9.17, 15) is 22.0 Å². The molecule has 11 heteroatoms. The summed E-state index contributed by atoms with van der Waals surface area (Å²) < 4.78 is 54.1. The summed E-state index contributed by atoms with van der Waals surface area (Å²) in [6.07, 6.45) is 2.57. The molecule has 2 N–H and O–H groups in total. The standard InChI is InChI=1S/C26H25F2N5O3S/c1-17-14-21(28)6-7-23(17)32-24-15-25(37(35,36)31-11-10-29)30-16-22(24)26(34)33-12-8-19(9-13-33)18-2-4-20(27)5-3-18/h2-7,14-16,19,31H,8-9,11-13H2,1H3,(H,30,32). The molecule has 3 aromatic rings. The Balaban J connectivity index is 1.61. The number of sulfonamides is 1. The molecule has 192 valence electrons. The van der Waals surface area contributed by atoms with Crippen LogP contribution in [0, 0.1) is 29.9 Å². The summed E-state index contributed by atoms with van der Waals surface area (Å²) in [5, 5.41) is 11.4. The predicted molar refractivity (Wildman–Crippen MR) is 134 cm³/mol. The number of aromatic nitrogens is 1. The van der Waals surface area contributed by atoms with E-state index in [1.807, 2.05) is 0 Å². The van der Waals surface area contributed by atoms with Crippen LogP contribution in [0.4, 0.5) is 20.2 Å². The smallest absolute Gasteiger partial charge is 0.259 e. The molecule has 37 heavy (non-hydrogen) atoms. The second-order valence-electron chi connectivity index (χ2n) is 8.75. The maximum atomic E-state index is 13.6. The first-order valence-electron chi connectivity index (χ1n) is 11.6. The van der Waals surface area contributed by atoms with Crippen molar-refractivity contribution in [2.75, 3.05) is 25.0 Å². The molecule has 0 saturated carbocycles. The van der Waals surface area contributed by atoms with Crippen molar-refractivity contribution in [1.82, 2.24) is 14.6 Å². The summed E-state index contributed by atoms with van der Waals surface area (Å²) in [7, 11) is -4.10. The Bertz CT molecular complexity index is 1450. The van der Waals surface area contributed by atoms with E-state index < -0.39 is 22.4 Å². The van der Waals surface area contributed by atoms with Crippen molar-refractivity contribution in [2.45, 2.75) is 30.7 Å². The third-order valence-corrected chi connectivity index (χ3v) is 7.61. The van der Waals surface area contributed by atoms with Gasteiger partial charge in [-0.05, 0) is 67.1 Å². The fourth-order valence-electron chi connectivity index (χ4n) is 4.29. The molecule has 1 amide bonds. The number of pyridine rings is 1. The number of carbonyl (C=O) groups excluding carboxylic acids is 1. The minimum Gasteiger partial charge on any atom is -0.355 e. The number of nitrogens with one attached hydrogen (secondary N) is 2. The van der Waals surface area contributed by atoms with E-state index in [2.05, 4.69) is 15.0 Å². The van der Waals surface area contributed by atoms with Crippen molar-refractivity contribution in [3.05, 3.63) is 83.1 Å². The zero-order chi connectivity index (χ0) is 26.6. The zero-order valence-electron chi connectivity index (χ0n) is 20.0. The lowest BCUT2D eigenvalue weighted by atomic mass is 9.89. The first-order valence-corrected chi connectivity index (χ1v) is 13.1. The maximum Gasteiger partial charge on any atom is 0.259 e. The van der Waals surface area contributed by atoms with Crippen molar-refractivity contribution >= 4 is 27.3 Å². The summed E-state index contributed by atoms with van der Waals surface area (Å²) in [6.45, 7) is 2.16. The Morgan fingerprint density at radius 3 is 2.41 bits per heavy atom. The average molecular weight is 526 g/mol. The minimum absolute atomic E-state index is 0.156. The average Bonchev–Trinajstić information content (AvgIpc) is 2.89. The fraction of sp³-hybridized carbons (Fsp3) is 0.269. The molecule has 0 spiro atoms. The van der Waals surface area contributed by atoms with Gasteiger partial charge >= 0.3 is 0 Å². The van der Waals surface area contributed by atoms with Gasteiger partial charge in [-0.15, -0.1) is 0 Å². The predicted octanol–water partition coefficient (Wildman–Crippen LogP) is 4.23. The highest BCUT2D eigenvalue weighted by molar-refractivity contribution is 7.89. The number of hydrogen-bond donors (Lipinski definition) is 2. The van der Waals surface area contributed by atoms with Gasteiger partial charge in [0.15, 0.2) is 5.03 Å². The van der Waals surface area contributed by atoms with Crippen molar-refractivity contribution in [3.8, 4) is 6.07 Å². The van der Waals surface area contributed by atoms with Gasteiger partial charge < -0.3 is 10.2 Å². The molecule has 1 fully saturated rings. The number of rotatable bonds is 7. The lowest BCUT2D eigenvalue weighted by Gasteiger charge is -2.32. The summed E-state index contributed by atoms with van der Waals surface area (Å²) in [5.41, 5.74) is 2.41. The maximum absolute atomic E-state index is 13.6. The van der Waals surface area contributed by atoms with Crippen LogP contribution in [0.5, 0.6) is 0 Å². The quantitative estimate of drug-likeness (QED) is 0.446. The van der Waals surface area contributed by atoms with Gasteiger partial charge in [-0.25, -0.2) is 22.2 Å². The highest BCUT2D eigenvalue weighted by Crippen LogP contribution is 2.31. The number of nitriles is 1. The molecule has 0 atom stereocenters. The molecule has 2 aromatic carbocycles. The molecule has 1 aliphatic heterocycles. The van der Waals surface area contributed by atoms with Gasteiger partial charge in [-0.3, -0.25) is 4.79 Å². The Morgan fingerprint density at radius 1 is 1.08 bits per heavy atom. The number of piperidine rings is 1. The SMILES string of the molecule is Cc1cc(F)ccc1Nc1cc(S(=O)(=O)NCC#N)ncc1C(=O)N1CCC(c2ccc(F)cc2)CC1. The lowest BCUT2D eigenvalue weighted by Crippen LogP contribution is -2.38. The van der Waals surface area contributed by atoms with Crippen LogP contribution < -0.4 is 10.0 Å². The summed E-state index contributed by atoms with van der Waals surface area (Å²) in [6, 6.07) is 13.4. The fourth-order valence-corrected chi connectivity index (χ4v) is 5.16. The molecular formula is C26H25F2N5O3S. The second-order valence-corrected chi connectivity index (χ2v) is 10.5. The Kier molecular flexibility index (Phi) is 7.80. The van der Waals surface area contributed by atoms with Gasteiger partial charge in [-0.1, -0.05) is 12.1 Å². The third-order valence-electron chi connectivity index (χ3n) is 6.31. The molecule has 1 aromatic heterocycles. The monoisotopic (exact) mass is 525 g/mol. The number of likely N-dealkylation sites (tertiary alicyclic amines) is 1. The molecule has 2 heterocycles. The van der Waals surface area contributed by atoms with Gasteiger partial charge in [0.1, 0.15) is 11.6 Å². The first kappa shape index (κ1) is 26.2. The molecule has 0 radical (unpaired) electrons. The molecule has 1 saturated heterocycles. The largest absolute Gasteiger partial charge is 0.355 e. The van der Waals surface area contributed by atoms with Crippen molar-refractivity contribution in [1.29, 1.82) is 5.26 Å². The minimum atomic E-state index is -4.10. The molecule has 0 unspecified atom stereocenters. The number of aryl methyl sites for hydroxylation is 1. The zero-order valence-corrected chi connectivity index (χ0v) is 20.9. The molecular weight excluding hydrogens is 500 g/mol. The number of benzene rings is 2. The number of carbonyl (C=O) groups is 1. The van der Waals surface area contributed by atoms with E-state index in [1.54, 1.807) is 30.0 Å².